The van der Waals surface area contributed by atoms with Gasteiger partial charge in [-0.1, -0.05) is 38.1 Å². The molecule has 2 heteroatoms. The number of fused-ring (bicyclic) bond motifs is 1. The Labute approximate surface area is 123 Å². The van der Waals surface area contributed by atoms with Gasteiger partial charge in [-0.2, -0.15) is 0 Å². The molecule has 0 amide bonds. The fourth-order valence-corrected chi connectivity index (χ4v) is 4.29. The van der Waals surface area contributed by atoms with Crippen LogP contribution in [0.1, 0.15) is 63.1 Å². The van der Waals surface area contributed by atoms with E-state index in [4.69, 9.17) is 0 Å². The van der Waals surface area contributed by atoms with Gasteiger partial charge in [-0.15, -0.1) is 0 Å². The summed E-state index contributed by atoms with van der Waals surface area (Å²) in [5, 5.41) is 4.00. The molecule has 1 saturated heterocycles. The summed E-state index contributed by atoms with van der Waals surface area (Å²) in [5.41, 5.74) is 3.42. The molecule has 0 radical (unpaired) electrons. The number of piperidine rings is 1. The molecule has 1 aromatic rings. The number of nitrogens with one attached hydrogen (secondary N) is 1. The molecular weight excluding hydrogens is 244 g/mol. The molecular formula is C18H28N2. The van der Waals surface area contributed by atoms with Crippen LogP contribution in [0.3, 0.4) is 0 Å². The van der Waals surface area contributed by atoms with E-state index in [0.29, 0.717) is 17.5 Å². The van der Waals surface area contributed by atoms with Gasteiger partial charge in [0.2, 0.25) is 0 Å². The summed E-state index contributed by atoms with van der Waals surface area (Å²) >= 11 is 0. The molecule has 1 spiro atoms. The molecule has 0 unspecified atom stereocenters. The highest BCUT2D eigenvalue weighted by molar-refractivity contribution is 5.34. The second-order valence-electron chi connectivity index (χ2n) is 6.81. The Bertz CT molecular complexity index is 427. The highest BCUT2D eigenvalue weighted by atomic mass is 15.2. The van der Waals surface area contributed by atoms with E-state index in [2.05, 4.69) is 55.3 Å². The second kappa shape index (κ2) is 5.50. The number of hydrogen-bond acceptors (Lipinski definition) is 2. The van der Waals surface area contributed by atoms with Crippen LogP contribution in [-0.4, -0.2) is 30.1 Å². The summed E-state index contributed by atoms with van der Waals surface area (Å²) in [6, 6.07) is 9.49. The lowest BCUT2D eigenvalue weighted by Crippen LogP contribution is -2.53. The van der Waals surface area contributed by atoms with Crippen molar-refractivity contribution < 1.29 is 0 Å². The van der Waals surface area contributed by atoms with Crippen molar-refractivity contribution in [1.29, 1.82) is 0 Å². The van der Waals surface area contributed by atoms with E-state index in [1.807, 2.05) is 0 Å². The van der Waals surface area contributed by atoms with Gasteiger partial charge in [-0.3, -0.25) is 0 Å². The maximum absolute atomic E-state index is 4.00. The van der Waals surface area contributed by atoms with Crippen LogP contribution in [0, 0.1) is 0 Å². The SMILES string of the molecule is CCN1CCC2(CC1)C[C@H](C)c1ccccc1[C@H](C)N2. The van der Waals surface area contributed by atoms with Crippen LogP contribution >= 0.6 is 0 Å². The second-order valence-corrected chi connectivity index (χ2v) is 6.81. The van der Waals surface area contributed by atoms with Crippen molar-refractivity contribution in [2.45, 2.75) is 57.5 Å². The molecule has 0 aromatic heterocycles. The van der Waals surface area contributed by atoms with Gasteiger partial charge in [0.05, 0.1) is 0 Å². The summed E-state index contributed by atoms with van der Waals surface area (Å²) in [6.45, 7) is 10.7. The summed E-state index contributed by atoms with van der Waals surface area (Å²) in [4.78, 5) is 2.58. The molecule has 0 bridgehead atoms. The number of rotatable bonds is 1. The zero-order chi connectivity index (χ0) is 14.2. The Balaban J connectivity index is 1.85. The third-order valence-electron chi connectivity index (χ3n) is 5.47. The Kier molecular flexibility index (Phi) is 3.87. The van der Waals surface area contributed by atoms with Crippen molar-refractivity contribution >= 4 is 0 Å². The van der Waals surface area contributed by atoms with Crippen molar-refractivity contribution in [2.24, 2.45) is 0 Å². The first-order chi connectivity index (χ1) is 9.63. The van der Waals surface area contributed by atoms with Crippen LogP contribution in [0.15, 0.2) is 24.3 Å². The first kappa shape index (κ1) is 14.1. The quantitative estimate of drug-likeness (QED) is 0.838. The van der Waals surface area contributed by atoms with Crippen LogP contribution in [0.4, 0.5) is 0 Å². The Morgan fingerprint density at radius 1 is 1.15 bits per heavy atom. The van der Waals surface area contributed by atoms with E-state index in [1.165, 1.54) is 44.5 Å². The number of benzene rings is 1. The maximum atomic E-state index is 4.00. The molecule has 1 fully saturated rings. The van der Waals surface area contributed by atoms with Gasteiger partial charge < -0.3 is 10.2 Å². The molecule has 2 heterocycles. The van der Waals surface area contributed by atoms with Crippen LogP contribution < -0.4 is 5.32 Å². The van der Waals surface area contributed by atoms with Gasteiger partial charge in [-0.25, -0.2) is 0 Å². The van der Waals surface area contributed by atoms with E-state index in [-0.39, 0.29) is 0 Å². The fraction of sp³-hybridized carbons (Fsp3) is 0.667. The number of likely N-dealkylation sites (tertiary alicyclic amines) is 1. The predicted molar refractivity (Wildman–Crippen MR) is 85.1 cm³/mol. The third kappa shape index (κ3) is 2.51. The summed E-state index contributed by atoms with van der Waals surface area (Å²) in [7, 11) is 0. The van der Waals surface area contributed by atoms with Crippen LogP contribution in [0.25, 0.3) is 0 Å². The van der Waals surface area contributed by atoms with Crippen molar-refractivity contribution in [2.75, 3.05) is 19.6 Å². The molecule has 2 atom stereocenters. The monoisotopic (exact) mass is 272 g/mol. The van der Waals surface area contributed by atoms with Gasteiger partial charge in [-0.05, 0) is 62.9 Å². The third-order valence-corrected chi connectivity index (χ3v) is 5.47. The molecule has 3 rings (SSSR count). The molecule has 0 saturated carbocycles. The first-order valence-electron chi connectivity index (χ1n) is 8.22. The lowest BCUT2D eigenvalue weighted by atomic mass is 9.79. The van der Waals surface area contributed by atoms with E-state index in [9.17, 15) is 0 Å². The van der Waals surface area contributed by atoms with Gasteiger partial charge in [0.25, 0.3) is 0 Å². The van der Waals surface area contributed by atoms with Gasteiger partial charge in [0.15, 0.2) is 0 Å². The van der Waals surface area contributed by atoms with Gasteiger partial charge in [0, 0.05) is 11.6 Å². The Morgan fingerprint density at radius 3 is 2.45 bits per heavy atom. The molecule has 0 aliphatic carbocycles. The molecule has 2 aliphatic heterocycles. The topological polar surface area (TPSA) is 15.3 Å². The van der Waals surface area contributed by atoms with Gasteiger partial charge in [0.1, 0.15) is 0 Å². The van der Waals surface area contributed by atoms with Gasteiger partial charge >= 0.3 is 0 Å². The minimum absolute atomic E-state index is 0.351. The van der Waals surface area contributed by atoms with Crippen molar-refractivity contribution in [3.05, 3.63) is 35.4 Å². The zero-order valence-corrected chi connectivity index (χ0v) is 13.2. The average Bonchev–Trinajstić information content (AvgIpc) is 2.57. The minimum Gasteiger partial charge on any atom is -0.305 e. The van der Waals surface area contributed by atoms with Crippen molar-refractivity contribution in [1.82, 2.24) is 10.2 Å². The lowest BCUT2D eigenvalue weighted by Gasteiger charge is -2.44. The lowest BCUT2D eigenvalue weighted by molar-refractivity contribution is 0.121. The van der Waals surface area contributed by atoms with Crippen molar-refractivity contribution in [3.8, 4) is 0 Å². The minimum atomic E-state index is 0.351. The normalized spacial score (nSPS) is 29.9. The highest BCUT2D eigenvalue weighted by Crippen LogP contribution is 2.40. The predicted octanol–water partition coefficient (Wildman–Crippen LogP) is 3.70. The molecule has 20 heavy (non-hydrogen) atoms. The number of hydrogen-bond donors (Lipinski definition) is 1. The summed E-state index contributed by atoms with van der Waals surface area (Å²) in [5.74, 6) is 0.664. The molecule has 1 N–H and O–H groups in total. The van der Waals surface area contributed by atoms with Crippen LogP contribution in [-0.2, 0) is 0 Å². The molecule has 110 valence electrons. The summed E-state index contributed by atoms with van der Waals surface area (Å²) in [6.07, 6.45) is 3.87. The Morgan fingerprint density at radius 2 is 1.80 bits per heavy atom. The molecule has 1 aromatic carbocycles. The zero-order valence-electron chi connectivity index (χ0n) is 13.2. The smallest absolute Gasteiger partial charge is 0.0299 e. The van der Waals surface area contributed by atoms with E-state index < -0.39 is 0 Å². The molecule has 2 aliphatic rings. The van der Waals surface area contributed by atoms with Crippen molar-refractivity contribution in [3.63, 3.8) is 0 Å². The van der Waals surface area contributed by atoms with Crippen LogP contribution in [0.5, 0.6) is 0 Å². The van der Waals surface area contributed by atoms with E-state index >= 15 is 0 Å². The molecule has 2 nitrogen and oxygen atoms in total. The first-order valence-corrected chi connectivity index (χ1v) is 8.22. The van der Waals surface area contributed by atoms with E-state index in [0.717, 1.165) is 0 Å². The van der Waals surface area contributed by atoms with Crippen LogP contribution in [0.2, 0.25) is 0 Å². The Hall–Kier alpha value is -0.860. The fourth-order valence-electron chi connectivity index (χ4n) is 4.29. The largest absolute Gasteiger partial charge is 0.305 e. The van der Waals surface area contributed by atoms with E-state index in [1.54, 1.807) is 5.56 Å². The average molecular weight is 272 g/mol. The maximum Gasteiger partial charge on any atom is 0.0299 e. The summed E-state index contributed by atoms with van der Waals surface area (Å²) < 4.78 is 0. The standard InChI is InChI=1S/C18H28N2/c1-4-20-11-9-18(10-12-20)13-14(2)16-7-5-6-8-17(16)15(3)19-18/h5-8,14-15,19H,4,9-13H2,1-3H3/t14-,15-/m0/s1. The highest BCUT2D eigenvalue weighted by Gasteiger charge is 2.39. The number of nitrogens with zero attached hydrogens (tertiary/aromatic N) is 1.